The Hall–Kier alpha value is -1.70. The molecule has 0 bridgehead atoms. The number of nitrogens with zero attached hydrogens (tertiary/aromatic N) is 2. The first kappa shape index (κ1) is 27.3. The summed E-state index contributed by atoms with van der Waals surface area (Å²) in [7, 11) is 0. The molecule has 1 radical (unpaired) electrons. The molecule has 3 heteroatoms. The van der Waals surface area contributed by atoms with Crippen molar-refractivity contribution in [3.8, 4) is 0 Å². The van der Waals surface area contributed by atoms with Gasteiger partial charge in [-0.1, -0.05) is 91.8 Å². The topological polar surface area (TPSA) is 6.48 Å². The van der Waals surface area contributed by atoms with E-state index >= 15 is 0 Å². The first-order valence-electron chi connectivity index (χ1n) is 11.1. The fourth-order valence-corrected chi connectivity index (χ4v) is 4.24. The van der Waals surface area contributed by atoms with E-state index in [2.05, 4.69) is 121 Å². The van der Waals surface area contributed by atoms with Gasteiger partial charge in [-0.05, 0) is 58.3 Å². The standard InChI is InChI=1S/C27H37N2.CH3.Cu/c1-18(2)22-11-9-12-23(19(3)4)26(22)28-15-16-29(17-28)27-24(20(5)6)13-10-14-25(27)21(7)8;;/h9-21H,1-8H3;1H3;/q2*-1;+2. The zero-order chi connectivity index (χ0) is 21.3. The van der Waals surface area contributed by atoms with Gasteiger partial charge >= 0.3 is 17.1 Å². The second-order valence-corrected chi connectivity index (χ2v) is 9.42. The summed E-state index contributed by atoms with van der Waals surface area (Å²) in [5.41, 5.74) is 8.29. The molecular weight excluding hydrogens is 428 g/mol. The second kappa shape index (κ2) is 11.2. The minimum atomic E-state index is 0. The summed E-state index contributed by atoms with van der Waals surface area (Å²) in [6.45, 7) is 20.5. The molecule has 2 aromatic rings. The number of para-hydroxylation sites is 2. The van der Waals surface area contributed by atoms with Gasteiger partial charge in [0.2, 0.25) is 0 Å². The van der Waals surface area contributed by atoms with E-state index in [1.807, 2.05) is 0 Å². The molecule has 0 spiro atoms. The van der Waals surface area contributed by atoms with Crippen LogP contribution in [0.5, 0.6) is 0 Å². The van der Waals surface area contributed by atoms with E-state index < -0.39 is 0 Å². The van der Waals surface area contributed by atoms with Crippen molar-refractivity contribution in [1.82, 2.24) is 0 Å². The fourth-order valence-electron chi connectivity index (χ4n) is 4.24. The number of anilines is 2. The third kappa shape index (κ3) is 5.57. The minimum Gasteiger partial charge on any atom is -0.479 e. The predicted molar refractivity (Wildman–Crippen MR) is 134 cm³/mol. The molecule has 0 fully saturated rings. The maximum Gasteiger partial charge on any atom is 2.00 e. The van der Waals surface area contributed by atoms with E-state index in [0.29, 0.717) is 23.7 Å². The van der Waals surface area contributed by atoms with Gasteiger partial charge in [0, 0.05) is 11.4 Å². The van der Waals surface area contributed by atoms with Crippen molar-refractivity contribution in [3.63, 3.8) is 0 Å². The van der Waals surface area contributed by atoms with Gasteiger partial charge in [-0.25, -0.2) is 0 Å². The number of rotatable bonds is 6. The summed E-state index contributed by atoms with van der Waals surface area (Å²) < 4.78 is 0. The van der Waals surface area contributed by atoms with Crippen LogP contribution in [0.2, 0.25) is 0 Å². The van der Waals surface area contributed by atoms with Crippen LogP contribution in [0.25, 0.3) is 0 Å². The van der Waals surface area contributed by atoms with Gasteiger partial charge in [-0.3, -0.25) is 0 Å². The van der Waals surface area contributed by atoms with E-state index in [9.17, 15) is 0 Å². The smallest absolute Gasteiger partial charge is 0.479 e. The molecular formula is C28H40CuN2. The molecule has 0 amide bonds. The van der Waals surface area contributed by atoms with Crippen LogP contribution < -0.4 is 9.80 Å². The molecule has 0 unspecified atom stereocenters. The van der Waals surface area contributed by atoms with Crippen molar-refractivity contribution in [2.45, 2.75) is 79.1 Å². The Morgan fingerprint density at radius 2 is 0.806 bits per heavy atom. The van der Waals surface area contributed by atoms with Gasteiger partial charge in [0.25, 0.3) is 0 Å². The van der Waals surface area contributed by atoms with Gasteiger partial charge in [-0.2, -0.15) is 0 Å². The van der Waals surface area contributed by atoms with Crippen LogP contribution in [0.3, 0.4) is 0 Å². The first-order chi connectivity index (χ1) is 13.7. The molecule has 0 aliphatic carbocycles. The van der Waals surface area contributed by atoms with Crippen LogP contribution >= 0.6 is 0 Å². The van der Waals surface area contributed by atoms with E-state index in [0.717, 1.165) is 0 Å². The van der Waals surface area contributed by atoms with Crippen LogP contribution in [0, 0.1) is 14.1 Å². The molecule has 0 aromatic heterocycles. The van der Waals surface area contributed by atoms with Gasteiger partial charge in [0.05, 0.1) is 0 Å². The van der Waals surface area contributed by atoms with Gasteiger partial charge in [-0.15, -0.1) is 6.67 Å². The summed E-state index contributed by atoms with van der Waals surface area (Å²) in [6.07, 6.45) is 4.43. The van der Waals surface area contributed by atoms with E-state index in [4.69, 9.17) is 0 Å². The minimum absolute atomic E-state index is 0. The average molecular weight is 468 g/mol. The molecule has 0 atom stereocenters. The predicted octanol–water partition coefficient (Wildman–Crippen LogP) is 8.55. The zero-order valence-electron chi connectivity index (χ0n) is 20.7. The second-order valence-electron chi connectivity index (χ2n) is 9.42. The summed E-state index contributed by atoms with van der Waals surface area (Å²) in [5.74, 6) is 1.92. The van der Waals surface area contributed by atoms with Crippen molar-refractivity contribution in [2.75, 3.05) is 9.80 Å². The zero-order valence-corrected chi connectivity index (χ0v) is 21.6. The molecule has 1 aliphatic heterocycles. The van der Waals surface area contributed by atoms with Crippen LogP contribution in [0.4, 0.5) is 11.4 Å². The molecule has 1 aliphatic rings. The summed E-state index contributed by atoms with van der Waals surface area (Å²) in [4.78, 5) is 4.65. The van der Waals surface area contributed by atoms with Crippen molar-refractivity contribution in [2.24, 2.45) is 0 Å². The van der Waals surface area contributed by atoms with Crippen LogP contribution in [0.15, 0.2) is 48.8 Å². The molecule has 2 nitrogen and oxygen atoms in total. The normalized spacial score (nSPS) is 13.4. The molecule has 31 heavy (non-hydrogen) atoms. The van der Waals surface area contributed by atoms with Crippen LogP contribution in [0.1, 0.15) is 101 Å². The Kier molecular flexibility index (Phi) is 9.92. The third-order valence-electron chi connectivity index (χ3n) is 5.84. The number of hydrogen-bond acceptors (Lipinski definition) is 2. The number of benzene rings is 2. The maximum atomic E-state index is 2.33. The number of hydrogen-bond donors (Lipinski definition) is 0. The Morgan fingerprint density at radius 1 is 0.548 bits per heavy atom. The van der Waals surface area contributed by atoms with E-state index in [-0.39, 0.29) is 24.5 Å². The van der Waals surface area contributed by atoms with Crippen LogP contribution in [-0.4, -0.2) is 0 Å². The largest absolute Gasteiger partial charge is 2.00 e. The molecule has 0 saturated heterocycles. The molecule has 1 heterocycles. The first-order valence-corrected chi connectivity index (χ1v) is 11.1. The van der Waals surface area contributed by atoms with Gasteiger partial charge in [0.15, 0.2) is 0 Å². The molecule has 0 saturated carbocycles. The third-order valence-corrected chi connectivity index (χ3v) is 5.84. The molecule has 2 aromatic carbocycles. The maximum absolute atomic E-state index is 2.33. The summed E-state index contributed by atoms with van der Waals surface area (Å²) in [6, 6.07) is 13.5. The Bertz CT molecular complexity index is 757. The summed E-state index contributed by atoms with van der Waals surface area (Å²) in [5, 5.41) is 0. The van der Waals surface area contributed by atoms with E-state index in [1.165, 1.54) is 33.6 Å². The molecule has 3 rings (SSSR count). The van der Waals surface area contributed by atoms with Gasteiger partial charge in [0.1, 0.15) is 0 Å². The van der Waals surface area contributed by atoms with Crippen molar-refractivity contribution >= 4 is 11.4 Å². The van der Waals surface area contributed by atoms with Crippen molar-refractivity contribution < 1.29 is 17.1 Å². The summed E-state index contributed by atoms with van der Waals surface area (Å²) >= 11 is 0. The Morgan fingerprint density at radius 3 is 1.03 bits per heavy atom. The molecule has 173 valence electrons. The Balaban J connectivity index is 0.00000240. The SMILES string of the molecule is CC(C)c1cccc(C(C)C)c1N1C=CN(c2c(C(C)C)cccc2C(C)C)[CH-]1.[CH3-].[Cu+2]. The van der Waals surface area contributed by atoms with E-state index in [1.54, 1.807) is 0 Å². The monoisotopic (exact) mass is 467 g/mol. The van der Waals surface area contributed by atoms with Crippen molar-refractivity contribution in [3.05, 3.63) is 85.1 Å². The average Bonchev–Trinajstić information content (AvgIpc) is 3.15. The van der Waals surface area contributed by atoms with Crippen LogP contribution in [-0.2, 0) is 17.1 Å². The quantitative estimate of drug-likeness (QED) is 0.310. The van der Waals surface area contributed by atoms with Gasteiger partial charge < -0.3 is 17.2 Å². The molecule has 0 N–H and O–H groups in total. The fraction of sp³-hybridized carbons (Fsp3) is 0.429. The van der Waals surface area contributed by atoms with Crippen molar-refractivity contribution in [1.29, 1.82) is 0 Å². The Labute approximate surface area is 202 Å².